The Morgan fingerprint density at radius 2 is 1.70 bits per heavy atom. The number of rotatable bonds is 9. The average molecular weight is 410 g/mol. The molecule has 0 radical (unpaired) electrons. The Bertz CT molecular complexity index is 864. The zero-order valence-electron chi connectivity index (χ0n) is 17.1. The van der Waals surface area contributed by atoms with Crippen LogP contribution in [-0.4, -0.2) is 43.1 Å². The Hall–Kier alpha value is -3.68. The van der Waals surface area contributed by atoms with E-state index in [4.69, 9.17) is 4.74 Å². The highest BCUT2D eigenvalue weighted by molar-refractivity contribution is 6.35. The molecule has 30 heavy (non-hydrogen) atoms. The van der Waals surface area contributed by atoms with Crippen molar-refractivity contribution in [2.75, 3.05) is 13.2 Å². The molecule has 0 atom stereocenters. The van der Waals surface area contributed by atoms with E-state index in [1.54, 1.807) is 24.3 Å². The number of benzene rings is 2. The summed E-state index contributed by atoms with van der Waals surface area (Å²) in [5, 5.41) is 9.06. The molecular formula is C22H26N4O4. The topological polar surface area (TPSA) is 109 Å². The Labute approximate surface area is 175 Å². The van der Waals surface area contributed by atoms with E-state index in [-0.39, 0.29) is 18.6 Å². The smallest absolute Gasteiger partial charge is 0.329 e. The highest BCUT2D eigenvalue weighted by Crippen LogP contribution is 2.10. The van der Waals surface area contributed by atoms with Gasteiger partial charge in [-0.05, 0) is 55.7 Å². The zero-order chi connectivity index (χ0) is 21.8. The largest absolute Gasteiger partial charge is 0.484 e. The summed E-state index contributed by atoms with van der Waals surface area (Å²) < 4.78 is 5.39. The number of carbonyl (C=O) groups excluding carboxylic acids is 3. The van der Waals surface area contributed by atoms with Crippen molar-refractivity contribution in [2.45, 2.75) is 26.3 Å². The molecule has 2 aromatic rings. The highest BCUT2D eigenvalue weighted by atomic mass is 16.5. The Kier molecular flexibility index (Phi) is 9.05. The molecule has 0 unspecified atom stereocenters. The van der Waals surface area contributed by atoms with Crippen molar-refractivity contribution in [1.29, 1.82) is 0 Å². The van der Waals surface area contributed by atoms with Gasteiger partial charge in [0.15, 0.2) is 6.61 Å². The maximum Gasteiger partial charge on any atom is 0.329 e. The molecule has 0 aliphatic heterocycles. The summed E-state index contributed by atoms with van der Waals surface area (Å²) in [5.74, 6) is -1.24. The predicted molar refractivity (Wildman–Crippen MR) is 114 cm³/mol. The standard InChI is InChI=1S/C22H26N4O4/c1-16(2)25-20(27)15-30-19-10-8-18(9-11-19)14-24-26-22(29)21(28)23-13-12-17-6-4-3-5-7-17/h3-11,14,16H,12-13,15H2,1-2H3,(H,23,28)(H,25,27)(H,26,29)/b24-14-. The van der Waals surface area contributed by atoms with Gasteiger partial charge >= 0.3 is 11.8 Å². The van der Waals surface area contributed by atoms with Gasteiger partial charge in [0.2, 0.25) is 0 Å². The number of carbonyl (C=O) groups is 3. The minimum absolute atomic E-state index is 0.0563. The number of nitrogens with zero attached hydrogens (tertiary/aromatic N) is 1. The van der Waals surface area contributed by atoms with Crippen molar-refractivity contribution in [1.82, 2.24) is 16.1 Å². The number of hydrazone groups is 1. The monoisotopic (exact) mass is 410 g/mol. The van der Waals surface area contributed by atoms with E-state index in [2.05, 4.69) is 21.2 Å². The van der Waals surface area contributed by atoms with Crippen LogP contribution < -0.4 is 20.8 Å². The summed E-state index contributed by atoms with van der Waals surface area (Å²) in [6, 6.07) is 16.5. The van der Waals surface area contributed by atoms with E-state index < -0.39 is 11.8 Å². The van der Waals surface area contributed by atoms with Crippen LogP contribution in [0.5, 0.6) is 5.75 Å². The van der Waals surface area contributed by atoms with Gasteiger partial charge in [0.05, 0.1) is 6.21 Å². The molecule has 158 valence electrons. The van der Waals surface area contributed by atoms with Gasteiger partial charge in [-0.15, -0.1) is 0 Å². The molecule has 3 N–H and O–H groups in total. The van der Waals surface area contributed by atoms with Crippen molar-refractivity contribution >= 4 is 23.9 Å². The van der Waals surface area contributed by atoms with Crippen LogP contribution in [-0.2, 0) is 20.8 Å². The molecule has 0 spiro atoms. The third-order valence-electron chi connectivity index (χ3n) is 3.83. The lowest BCUT2D eigenvalue weighted by Crippen LogP contribution is -2.38. The van der Waals surface area contributed by atoms with Crippen LogP contribution in [0.15, 0.2) is 59.7 Å². The van der Waals surface area contributed by atoms with Gasteiger partial charge in [0.25, 0.3) is 5.91 Å². The molecule has 8 nitrogen and oxygen atoms in total. The first-order chi connectivity index (χ1) is 14.4. The number of ether oxygens (including phenoxy) is 1. The second kappa shape index (κ2) is 12.0. The van der Waals surface area contributed by atoms with E-state index in [0.717, 1.165) is 5.56 Å². The normalized spacial score (nSPS) is 10.6. The first kappa shape index (κ1) is 22.6. The molecule has 0 saturated heterocycles. The maximum atomic E-state index is 11.8. The molecule has 3 amide bonds. The van der Waals surface area contributed by atoms with E-state index in [1.165, 1.54) is 6.21 Å². The van der Waals surface area contributed by atoms with E-state index >= 15 is 0 Å². The number of amides is 3. The molecular weight excluding hydrogens is 384 g/mol. The van der Waals surface area contributed by atoms with Crippen LogP contribution in [0.1, 0.15) is 25.0 Å². The summed E-state index contributed by atoms with van der Waals surface area (Å²) in [6.07, 6.45) is 2.04. The van der Waals surface area contributed by atoms with Gasteiger partial charge in [-0.3, -0.25) is 14.4 Å². The molecule has 2 rings (SSSR count). The van der Waals surface area contributed by atoms with Crippen molar-refractivity contribution in [3.63, 3.8) is 0 Å². The minimum Gasteiger partial charge on any atom is -0.484 e. The van der Waals surface area contributed by atoms with Crippen molar-refractivity contribution < 1.29 is 19.1 Å². The fourth-order valence-electron chi connectivity index (χ4n) is 2.42. The second-order valence-electron chi connectivity index (χ2n) is 6.77. The molecule has 2 aromatic carbocycles. The van der Waals surface area contributed by atoms with Gasteiger partial charge in [0.1, 0.15) is 5.75 Å². The molecule has 0 heterocycles. The third kappa shape index (κ3) is 8.55. The lowest BCUT2D eigenvalue weighted by molar-refractivity contribution is -0.139. The maximum absolute atomic E-state index is 11.8. The fourth-order valence-corrected chi connectivity index (χ4v) is 2.42. The quantitative estimate of drug-likeness (QED) is 0.330. The molecule has 8 heteroatoms. The molecule has 0 saturated carbocycles. The summed E-state index contributed by atoms with van der Waals surface area (Å²) >= 11 is 0. The number of nitrogens with one attached hydrogen (secondary N) is 3. The zero-order valence-corrected chi connectivity index (χ0v) is 17.1. The second-order valence-corrected chi connectivity index (χ2v) is 6.77. The highest BCUT2D eigenvalue weighted by Gasteiger charge is 2.11. The molecule has 0 aromatic heterocycles. The van der Waals surface area contributed by atoms with Gasteiger partial charge in [-0.1, -0.05) is 30.3 Å². The SMILES string of the molecule is CC(C)NC(=O)COc1ccc(/C=N\NC(=O)C(=O)NCCc2ccccc2)cc1. The summed E-state index contributed by atoms with van der Waals surface area (Å²) in [5.41, 5.74) is 3.95. The van der Waals surface area contributed by atoms with Gasteiger partial charge in [-0.2, -0.15) is 5.10 Å². The van der Waals surface area contributed by atoms with Crippen LogP contribution in [0.2, 0.25) is 0 Å². The van der Waals surface area contributed by atoms with Crippen LogP contribution in [0.4, 0.5) is 0 Å². The van der Waals surface area contributed by atoms with E-state index in [9.17, 15) is 14.4 Å². The number of hydrogen-bond acceptors (Lipinski definition) is 5. The Balaban J connectivity index is 1.70. The molecule has 0 aliphatic carbocycles. The fraction of sp³-hybridized carbons (Fsp3) is 0.273. The van der Waals surface area contributed by atoms with E-state index in [1.807, 2.05) is 44.2 Å². The van der Waals surface area contributed by atoms with Crippen molar-refractivity contribution in [3.05, 3.63) is 65.7 Å². The van der Waals surface area contributed by atoms with Crippen LogP contribution in [0.25, 0.3) is 0 Å². The van der Waals surface area contributed by atoms with Gasteiger partial charge in [0, 0.05) is 12.6 Å². The van der Waals surface area contributed by atoms with Crippen LogP contribution in [0, 0.1) is 0 Å². The van der Waals surface area contributed by atoms with Crippen LogP contribution >= 0.6 is 0 Å². The molecule has 0 aliphatic rings. The average Bonchev–Trinajstić information content (AvgIpc) is 2.73. The number of hydrogen-bond donors (Lipinski definition) is 3. The first-order valence-corrected chi connectivity index (χ1v) is 9.61. The Morgan fingerprint density at radius 3 is 2.37 bits per heavy atom. The van der Waals surface area contributed by atoms with Gasteiger partial charge in [-0.25, -0.2) is 5.43 Å². The molecule has 0 fully saturated rings. The summed E-state index contributed by atoms with van der Waals surface area (Å²) in [4.78, 5) is 35.1. The van der Waals surface area contributed by atoms with Crippen LogP contribution in [0.3, 0.4) is 0 Å². The Morgan fingerprint density at radius 1 is 1.00 bits per heavy atom. The van der Waals surface area contributed by atoms with Crippen molar-refractivity contribution in [2.24, 2.45) is 5.10 Å². The molecule has 0 bridgehead atoms. The lowest BCUT2D eigenvalue weighted by atomic mass is 10.1. The first-order valence-electron chi connectivity index (χ1n) is 9.61. The summed E-state index contributed by atoms with van der Waals surface area (Å²) in [7, 11) is 0. The third-order valence-corrected chi connectivity index (χ3v) is 3.83. The minimum atomic E-state index is -0.838. The summed E-state index contributed by atoms with van der Waals surface area (Å²) in [6.45, 7) is 4.04. The van der Waals surface area contributed by atoms with E-state index in [0.29, 0.717) is 24.3 Å². The lowest BCUT2D eigenvalue weighted by Gasteiger charge is -2.09. The van der Waals surface area contributed by atoms with Crippen molar-refractivity contribution in [3.8, 4) is 5.75 Å². The predicted octanol–water partition coefficient (Wildman–Crippen LogP) is 1.40. The van der Waals surface area contributed by atoms with Gasteiger partial charge < -0.3 is 15.4 Å².